The minimum Gasteiger partial charge on any atom is -0.496 e. The molecule has 0 amide bonds. The lowest BCUT2D eigenvalue weighted by molar-refractivity contribution is 0.416. The summed E-state index contributed by atoms with van der Waals surface area (Å²) in [6.45, 7) is 0. The van der Waals surface area contributed by atoms with E-state index in [0.29, 0.717) is 16.9 Å². The largest absolute Gasteiger partial charge is 0.496 e. The van der Waals surface area contributed by atoms with Gasteiger partial charge in [0.05, 0.1) is 13.3 Å². The molecule has 1 heterocycles. The molecule has 0 N–H and O–H groups in total. The topological polar surface area (TPSA) is 22.1 Å². The number of aromatic nitrogens is 1. The molecule has 0 fully saturated rings. The lowest BCUT2D eigenvalue weighted by atomic mass is 10.1. The maximum Gasteiger partial charge on any atom is 0.149 e. The molecule has 0 spiro atoms. The number of methoxy groups -OCH3 is 1. The van der Waals surface area contributed by atoms with Crippen molar-refractivity contribution in [1.29, 1.82) is 0 Å². The van der Waals surface area contributed by atoms with Crippen molar-refractivity contribution in [3.8, 4) is 16.9 Å². The summed E-state index contributed by atoms with van der Waals surface area (Å²) in [6, 6.07) is 8.65. The number of para-hydroxylation sites is 1. The number of hydrogen-bond donors (Lipinski definition) is 0. The van der Waals surface area contributed by atoms with Gasteiger partial charge < -0.3 is 4.74 Å². The second kappa shape index (κ2) is 4.49. The quantitative estimate of drug-likeness (QED) is 0.746. The summed E-state index contributed by atoms with van der Waals surface area (Å²) < 4.78 is 18.8. The lowest BCUT2D eigenvalue weighted by Gasteiger charge is -2.08. The molecule has 82 valence electrons. The molecule has 0 aliphatic heterocycles. The van der Waals surface area contributed by atoms with Gasteiger partial charge in [0.25, 0.3) is 0 Å². The molecule has 4 heteroatoms. The Bertz CT molecular complexity index is 516. The van der Waals surface area contributed by atoms with Crippen LogP contribution in [-0.2, 0) is 0 Å². The van der Waals surface area contributed by atoms with Gasteiger partial charge >= 0.3 is 0 Å². The van der Waals surface area contributed by atoms with E-state index in [1.165, 1.54) is 6.07 Å². The van der Waals surface area contributed by atoms with Gasteiger partial charge in [-0.3, -0.25) is 0 Å². The minimum absolute atomic E-state index is 0.252. The molecule has 2 aromatic rings. The van der Waals surface area contributed by atoms with E-state index >= 15 is 0 Å². The van der Waals surface area contributed by atoms with Gasteiger partial charge in [-0.25, -0.2) is 9.37 Å². The highest BCUT2D eigenvalue weighted by atomic mass is 35.5. The van der Waals surface area contributed by atoms with Crippen molar-refractivity contribution in [2.24, 2.45) is 0 Å². The Kier molecular flexibility index (Phi) is 3.06. The normalized spacial score (nSPS) is 10.2. The van der Waals surface area contributed by atoms with E-state index in [1.807, 2.05) is 12.1 Å². The summed E-state index contributed by atoms with van der Waals surface area (Å²) in [5.41, 5.74) is 1.05. The van der Waals surface area contributed by atoms with Crippen LogP contribution >= 0.6 is 11.6 Å². The molecule has 0 atom stereocenters. The predicted molar refractivity (Wildman–Crippen MR) is 61.2 cm³/mol. The Morgan fingerprint density at radius 3 is 2.75 bits per heavy atom. The summed E-state index contributed by atoms with van der Waals surface area (Å²) in [7, 11) is 1.54. The van der Waals surface area contributed by atoms with Crippen LogP contribution < -0.4 is 4.74 Å². The predicted octanol–water partition coefficient (Wildman–Crippen LogP) is 3.55. The van der Waals surface area contributed by atoms with Gasteiger partial charge in [-0.2, -0.15) is 0 Å². The molecule has 0 radical (unpaired) electrons. The number of rotatable bonds is 2. The van der Waals surface area contributed by atoms with Crippen molar-refractivity contribution >= 4 is 11.6 Å². The smallest absolute Gasteiger partial charge is 0.149 e. The molecular weight excluding hydrogens is 229 g/mol. The number of hydrogen-bond acceptors (Lipinski definition) is 2. The molecular formula is C12H9ClFNO. The third-order valence-electron chi connectivity index (χ3n) is 2.22. The van der Waals surface area contributed by atoms with Crippen LogP contribution in [0.2, 0.25) is 5.15 Å². The zero-order chi connectivity index (χ0) is 11.5. The zero-order valence-corrected chi connectivity index (χ0v) is 9.33. The molecule has 2 nitrogen and oxygen atoms in total. The van der Waals surface area contributed by atoms with Crippen molar-refractivity contribution in [3.63, 3.8) is 0 Å². The first-order chi connectivity index (χ1) is 7.72. The fraction of sp³-hybridized carbons (Fsp3) is 0.0833. The maximum absolute atomic E-state index is 13.6. The molecule has 1 aromatic heterocycles. The Balaban J connectivity index is 2.62. The maximum atomic E-state index is 13.6. The molecule has 0 unspecified atom stereocenters. The minimum atomic E-state index is -0.422. The summed E-state index contributed by atoms with van der Waals surface area (Å²) in [4.78, 5) is 3.67. The summed E-state index contributed by atoms with van der Waals surface area (Å²) in [5.74, 6) is 0.178. The number of halogens is 2. The van der Waals surface area contributed by atoms with Crippen LogP contribution in [0.4, 0.5) is 4.39 Å². The van der Waals surface area contributed by atoms with Crippen molar-refractivity contribution in [2.75, 3.05) is 7.11 Å². The highest BCUT2D eigenvalue weighted by molar-refractivity contribution is 6.29. The van der Waals surface area contributed by atoms with Gasteiger partial charge in [0.2, 0.25) is 0 Å². The van der Waals surface area contributed by atoms with Crippen LogP contribution in [-0.4, -0.2) is 12.1 Å². The molecule has 0 saturated heterocycles. The first kappa shape index (κ1) is 10.9. The Morgan fingerprint density at radius 2 is 2.00 bits per heavy atom. The van der Waals surface area contributed by atoms with Crippen molar-refractivity contribution in [2.45, 2.75) is 0 Å². The SMILES string of the molecule is COc1ccccc1-c1cc(Cl)ncc1F. The highest BCUT2D eigenvalue weighted by Gasteiger charge is 2.10. The van der Waals surface area contributed by atoms with Gasteiger partial charge in [0.1, 0.15) is 16.7 Å². The number of pyridine rings is 1. The van der Waals surface area contributed by atoms with Crippen LogP contribution in [0, 0.1) is 5.82 Å². The number of ether oxygens (including phenoxy) is 1. The van der Waals surface area contributed by atoms with Gasteiger partial charge in [0, 0.05) is 11.1 Å². The van der Waals surface area contributed by atoms with E-state index in [0.717, 1.165) is 6.20 Å². The number of nitrogens with zero attached hydrogens (tertiary/aromatic N) is 1. The Hall–Kier alpha value is -1.61. The fourth-order valence-corrected chi connectivity index (χ4v) is 1.64. The third-order valence-corrected chi connectivity index (χ3v) is 2.43. The molecule has 0 saturated carbocycles. The van der Waals surface area contributed by atoms with E-state index in [2.05, 4.69) is 4.98 Å². The summed E-state index contributed by atoms with van der Waals surface area (Å²) in [6.07, 6.45) is 1.10. The molecule has 1 aromatic carbocycles. The van der Waals surface area contributed by atoms with Crippen molar-refractivity contribution in [3.05, 3.63) is 47.5 Å². The molecule has 0 aliphatic carbocycles. The second-order valence-corrected chi connectivity index (χ2v) is 3.57. The molecule has 16 heavy (non-hydrogen) atoms. The lowest BCUT2D eigenvalue weighted by Crippen LogP contribution is -1.91. The van der Waals surface area contributed by atoms with Crippen LogP contribution in [0.25, 0.3) is 11.1 Å². The molecule has 0 aliphatic rings. The Labute approximate surface area is 97.7 Å². The van der Waals surface area contributed by atoms with E-state index in [-0.39, 0.29) is 5.15 Å². The van der Waals surface area contributed by atoms with Crippen molar-refractivity contribution in [1.82, 2.24) is 4.98 Å². The van der Waals surface area contributed by atoms with Gasteiger partial charge in [-0.05, 0) is 12.1 Å². The van der Waals surface area contributed by atoms with E-state index in [1.54, 1.807) is 19.2 Å². The summed E-state index contributed by atoms with van der Waals surface area (Å²) in [5, 5.41) is 0.252. The third kappa shape index (κ3) is 1.99. The summed E-state index contributed by atoms with van der Waals surface area (Å²) >= 11 is 5.74. The van der Waals surface area contributed by atoms with Gasteiger partial charge in [0.15, 0.2) is 0 Å². The van der Waals surface area contributed by atoms with Crippen LogP contribution in [0.3, 0.4) is 0 Å². The van der Waals surface area contributed by atoms with Crippen LogP contribution in [0.15, 0.2) is 36.5 Å². The fourth-order valence-electron chi connectivity index (χ4n) is 1.49. The highest BCUT2D eigenvalue weighted by Crippen LogP contribution is 2.32. The first-order valence-corrected chi connectivity index (χ1v) is 5.04. The van der Waals surface area contributed by atoms with E-state index in [9.17, 15) is 4.39 Å². The average Bonchev–Trinajstić information content (AvgIpc) is 2.32. The average molecular weight is 238 g/mol. The van der Waals surface area contributed by atoms with Gasteiger partial charge in [-0.1, -0.05) is 29.8 Å². The van der Waals surface area contributed by atoms with E-state index in [4.69, 9.17) is 16.3 Å². The van der Waals surface area contributed by atoms with Crippen LogP contribution in [0.5, 0.6) is 5.75 Å². The first-order valence-electron chi connectivity index (χ1n) is 4.67. The number of benzene rings is 1. The second-order valence-electron chi connectivity index (χ2n) is 3.19. The Morgan fingerprint density at radius 1 is 1.25 bits per heavy atom. The zero-order valence-electron chi connectivity index (χ0n) is 8.58. The van der Waals surface area contributed by atoms with E-state index < -0.39 is 5.82 Å². The standard InChI is InChI=1S/C12H9ClFNO/c1-16-11-5-3-2-4-8(11)9-6-12(13)15-7-10(9)14/h2-7H,1H3. The molecule has 0 bridgehead atoms. The van der Waals surface area contributed by atoms with Crippen LogP contribution in [0.1, 0.15) is 0 Å². The van der Waals surface area contributed by atoms with Gasteiger partial charge in [-0.15, -0.1) is 0 Å². The van der Waals surface area contributed by atoms with Crippen molar-refractivity contribution < 1.29 is 9.13 Å². The molecule has 2 rings (SSSR count). The monoisotopic (exact) mass is 237 g/mol.